The molecule has 0 bridgehead atoms. The Morgan fingerprint density at radius 3 is 2.28 bits per heavy atom. The maximum absolute atomic E-state index is 13.4. The van der Waals surface area contributed by atoms with Gasteiger partial charge in [0.05, 0.1) is 4.90 Å². The van der Waals surface area contributed by atoms with Gasteiger partial charge in [0, 0.05) is 44.3 Å². The fourth-order valence-corrected chi connectivity index (χ4v) is 5.56. The molecule has 0 N–H and O–H groups in total. The van der Waals surface area contributed by atoms with E-state index in [0.717, 1.165) is 18.4 Å². The average molecular weight is 456 g/mol. The van der Waals surface area contributed by atoms with Gasteiger partial charge in [-0.15, -0.1) is 0 Å². The molecule has 1 saturated heterocycles. The second kappa shape index (κ2) is 9.33. The van der Waals surface area contributed by atoms with E-state index in [1.165, 1.54) is 9.87 Å². The number of hydrogen-bond donors (Lipinski definition) is 0. The van der Waals surface area contributed by atoms with E-state index < -0.39 is 10.0 Å². The lowest BCUT2D eigenvalue weighted by Gasteiger charge is -2.31. The predicted molar refractivity (Wildman–Crippen MR) is 126 cm³/mol. The first-order valence-corrected chi connectivity index (χ1v) is 12.9. The largest absolute Gasteiger partial charge is 0.331 e. The van der Waals surface area contributed by atoms with Gasteiger partial charge >= 0.3 is 0 Å². The average Bonchev–Trinajstić information content (AvgIpc) is 3.63. The third-order valence-corrected chi connectivity index (χ3v) is 8.32. The molecule has 1 heterocycles. The number of benzene rings is 2. The maximum Gasteiger partial charge on any atom is 0.254 e. The van der Waals surface area contributed by atoms with Crippen LogP contribution in [0.1, 0.15) is 54.1 Å². The van der Waals surface area contributed by atoms with E-state index in [0.29, 0.717) is 44.2 Å². The Morgan fingerprint density at radius 2 is 1.69 bits per heavy atom. The number of rotatable bonds is 7. The highest BCUT2D eigenvalue weighted by molar-refractivity contribution is 7.89. The summed E-state index contributed by atoms with van der Waals surface area (Å²) in [6, 6.07) is 15.2. The van der Waals surface area contributed by atoms with E-state index in [4.69, 9.17) is 0 Å². The van der Waals surface area contributed by atoms with E-state index in [-0.39, 0.29) is 16.8 Å². The first-order chi connectivity index (χ1) is 15.3. The van der Waals surface area contributed by atoms with Gasteiger partial charge < -0.3 is 9.80 Å². The van der Waals surface area contributed by atoms with Crippen molar-refractivity contribution in [2.24, 2.45) is 0 Å². The van der Waals surface area contributed by atoms with Crippen molar-refractivity contribution < 1.29 is 13.2 Å². The molecule has 2 fully saturated rings. The van der Waals surface area contributed by atoms with Crippen LogP contribution in [0.3, 0.4) is 0 Å². The number of sulfonamides is 1. The molecule has 2 aromatic carbocycles. The molecule has 0 radical (unpaired) electrons. The molecule has 32 heavy (non-hydrogen) atoms. The highest BCUT2D eigenvalue weighted by atomic mass is 32.2. The molecule has 4 rings (SSSR count). The van der Waals surface area contributed by atoms with Crippen LogP contribution in [0, 0.1) is 0 Å². The number of carbonyl (C=O) groups excluding carboxylic acids is 1. The van der Waals surface area contributed by atoms with Gasteiger partial charge in [0.25, 0.3) is 5.91 Å². The van der Waals surface area contributed by atoms with Crippen LogP contribution in [0.15, 0.2) is 53.4 Å². The van der Waals surface area contributed by atoms with Crippen LogP contribution in [0.2, 0.25) is 0 Å². The van der Waals surface area contributed by atoms with Gasteiger partial charge in [-0.2, -0.15) is 4.31 Å². The first kappa shape index (κ1) is 23.0. The SMILES string of the molecule is CC(C)c1ccc(CN(C(=O)c2cccc(S(=O)(=O)N3CCN(C)CC3)c2)C2CC2)cc1. The van der Waals surface area contributed by atoms with Crippen LogP contribution in [-0.2, 0) is 16.6 Å². The Kier molecular flexibility index (Phi) is 6.70. The van der Waals surface area contributed by atoms with Crippen molar-refractivity contribution in [1.29, 1.82) is 0 Å². The third-order valence-electron chi connectivity index (χ3n) is 6.43. The molecule has 6 nitrogen and oxygen atoms in total. The fourth-order valence-electron chi connectivity index (χ4n) is 4.09. The Hall–Kier alpha value is -2.22. The summed E-state index contributed by atoms with van der Waals surface area (Å²) in [6.45, 7) is 7.23. The molecular weight excluding hydrogens is 422 g/mol. The zero-order valence-electron chi connectivity index (χ0n) is 19.2. The van der Waals surface area contributed by atoms with Gasteiger partial charge in [-0.25, -0.2) is 8.42 Å². The van der Waals surface area contributed by atoms with Crippen LogP contribution >= 0.6 is 0 Å². The minimum atomic E-state index is -3.61. The van der Waals surface area contributed by atoms with Gasteiger partial charge in [0.2, 0.25) is 10.0 Å². The molecule has 0 atom stereocenters. The fraction of sp³-hybridized carbons (Fsp3) is 0.480. The van der Waals surface area contributed by atoms with Crippen LogP contribution in [0.25, 0.3) is 0 Å². The maximum atomic E-state index is 13.4. The molecule has 7 heteroatoms. The van der Waals surface area contributed by atoms with Crippen molar-refractivity contribution in [2.45, 2.75) is 50.1 Å². The van der Waals surface area contributed by atoms with E-state index in [9.17, 15) is 13.2 Å². The molecule has 1 aliphatic heterocycles. The summed E-state index contributed by atoms with van der Waals surface area (Å²) >= 11 is 0. The Morgan fingerprint density at radius 1 is 1.03 bits per heavy atom. The molecule has 1 amide bonds. The molecule has 1 aliphatic carbocycles. The van der Waals surface area contributed by atoms with Gasteiger partial charge in [-0.1, -0.05) is 44.2 Å². The highest BCUT2D eigenvalue weighted by Gasteiger charge is 2.34. The number of likely N-dealkylation sites (N-methyl/N-ethyl adjacent to an activating group) is 1. The molecular formula is C25H33N3O3S. The number of amides is 1. The second-order valence-electron chi connectivity index (χ2n) is 9.30. The van der Waals surface area contributed by atoms with Gasteiger partial charge in [0.15, 0.2) is 0 Å². The van der Waals surface area contributed by atoms with Crippen molar-refractivity contribution in [3.05, 3.63) is 65.2 Å². The first-order valence-electron chi connectivity index (χ1n) is 11.4. The second-order valence-corrected chi connectivity index (χ2v) is 11.2. The molecule has 1 saturated carbocycles. The Balaban J connectivity index is 1.53. The van der Waals surface area contributed by atoms with Gasteiger partial charge in [0.1, 0.15) is 0 Å². The summed E-state index contributed by atoms with van der Waals surface area (Å²) < 4.78 is 27.8. The van der Waals surface area contributed by atoms with E-state index >= 15 is 0 Å². The van der Waals surface area contributed by atoms with E-state index in [2.05, 4.69) is 43.0 Å². The molecule has 172 valence electrons. The highest BCUT2D eigenvalue weighted by Crippen LogP contribution is 2.31. The smallest absolute Gasteiger partial charge is 0.254 e. The van der Waals surface area contributed by atoms with E-state index in [1.807, 2.05) is 11.9 Å². The lowest BCUT2D eigenvalue weighted by molar-refractivity contribution is 0.0729. The number of piperazine rings is 1. The summed E-state index contributed by atoms with van der Waals surface area (Å²) in [5.41, 5.74) is 2.81. The van der Waals surface area contributed by atoms with Crippen LogP contribution < -0.4 is 0 Å². The normalized spacial score (nSPS) is 18.1. The lowest BCUT2D eigenvalue weighted by Crippen LogP contribution is -2.47. The number of nitrogens with zero attached hydrogens (tertiary/aromatic N) is 3. The monoisotopic (exact) mass is 455 g/mol. The van der Waals surface area contributed by atoms with Crippen LogP contribution in [0.4, 0.5) is 0 Å². The molecule has 2 aromatic rings. The summed E-state index contributed by atoms with van der Waals surface area (Å²) in [7, 11) is -1.62. The summed E-state index contributed by atoms with van der Waals surface area (Å²) in [5, 5.41) is 0. The minimum absolute atomic E-state index is 0.101. The van der Waals surface area contributed by atoms with Crippen molar-refractivity contribution in [3.63, 3.8) is 0 Å². The zero-order valence-corrected chi connectivity index (χ0v) is 20.0. The quantitative estimate of drug-likeness (QED) is 0.641. The van der Waals surface area contributed by atoms with Crippen LogP contribution in [0.5, 0.6) is 0 Å². The van der Waals surface area contributed by atoms with Gasteiger partial charge in [-0.3, -0.25) is 4.79 Å². The Bertz CT molecular complexity index is 1050. The summed E-state index contributed by atoms with van der Waals surface area (Å²) in [5.74, 6) is 0.367. The Labute approximate surface area is 191 Å². The third kappa shape index (κ3) is 5.05. The van der Waals surface area contributed by atoms with E-state index in [1.54, 1.807) is 24.3 Å². The predicted octanol–water partition coefficient (Wildman–Crippen LogP) is 3.55. The molecule has 0 aromatic heterocycles. The zero-order chi connectivity index (χ0) is 22.9. The van der Waals surface area contributed by atoms with Crippen LogP contribution in [-0.4, -0.2) is 67.7 Å². The minimum Gasteiger partial charge on any atom is -0.331 e. The standard InChI is InChI=1S/C25H33N3O3S/c1-19(2)21-9-7-20(8-10-21)18-28(23-11-12-23)25(29)22-5-4-6-24(17-22)32(30,31)27-15-13-26(3)14-16-27/h4-10,17,19,23H,11-16,18H2,1-3H3. The lowest BCUT2D eigenvalue weighted by atomic mass is 10.0. The van der Waals surface area contributed by atoms with Crippen molar-refractivity contribution in [2.75, 3.05) is 33.2 Å². The molecule has 0 unspecified atom stereocenters. The summed E-state index contributed by atoms with van der Waals surface area (Å²) in [4.78, 5) is 17.6. The summed E-state index contributed by atoms with van der Waals surface area (Å²) in [6.07, 6.45) is 1.99. The van der Waals surface area contributed by atoms with Crippen molar-refractivity contribution >= 4 is 15.9 Å². The van der Waals surface area contributed by atoms with Gasteiger partial charge in [-0.05, 0) is 55.1 Å². The molecule has 0 spiro atoms. The number of hydrogen-bond acceptors (Lipinski definition) is 4. The van der Waals surface area contributed by atoms with Crippen molar-refractivity contribution in [3.8, 4) is 0 Å². The topological polar surface area (TPSA) is 60.9 Å². The van der Waals surface area contributed by atoms with Crippen molar-refractivity contribution in [1.82, 2.24) is 14.1 Å². The molecule has 2 aliphatic rings. The number of carbonyl (C=O) groups is 1.